The molecule has 1 aliphatic rings. The van der Waals surface area contributed by atoms with Crippen molar-refractivity contribution in [2.75, 3.05) is 0 Å². The first kappa shape index (κ1) is 15.3. The third-order valence-corrected chi connectivity index (χ3v) is 6.44. The fraction of sp³-hybridized carbons (Fsp3) is 0.176. The zero-order valence-electron chi connectivity index (χ0n) is 12.9. The van der Waals surface area contributed by atoms with Gasteiger partial charge in [0, 0.05) is 20.8 Å². The van der Waals surface area contributed by atoms with Crippen LogP contribution in [0.4, 0.5) is 0 Å². The van der Waals surface area contributed by atoms with Crippen molar-refractivity contribution in [3.63, 3.8) is 0 Å². The van der Waals surface area contributed by atoms with Crippen LogP contribution in [-0.2, 0) is 12.8 Å². The van der Waals surface area contributed by atoms with E-state index in [2.05, 4.69) is 20.2 Å². The van der Waals surface area contributed by atoms with Crippen LogP contribution in [-0.4, -0.2) is 20.2 Å². The molecule has 8 heteroatoms. The van der Waals surface area contributed by atoms with Gasteiger partial charge in [0.05, 0.1) is 0 Å². The topological polar surface area (TPSA) is 64.7 Å². The fourth-order valence-corrected chi connectivity index (χ4v) is 5.23. The lowest BCUT2D eigenvalue weighted by Gasteiger charge is -2.00. The molecule has 1 aromatic carbocycles. The molecule has 0 amide bonds. The van der Waals surface area contributed by atoms with E-state index in [9.17, 15) is 0 Å². The minimum absolute atomic E-state index is 0.472. The lowest BCUT2D eigenvalue weighted by Crippen LogP contribution is -1.87. The summed E-state index contributed by atoms with van der Waals surface area (Å²) in [6.45, 7) is 0. The molecule has 0 saturated carbocycles. The summed E-state index contributed by atoms with van der Waals surface area (Å²) in [6, 6.07) is 7.32. The Hall–Kier alpha value is -1.96. The van der Waals surface area contributed by atoms with E-state index in [1.165, 1.54) is 28.6 Å². The molecule has 25 heavy (non-hydrogen) atoms. The number of fused-ring (bicyclic) bond motifs is 3. The monoisotopic (exact) mass is 386 g/mol. The van der Waals surface area contributed by atoms with E-state index < -0.39 is 0 Å². The maximum absolute atomic E-state index is 5.92. The quantitative estimate of drug-likeness (QED) is 0.460. The molecule has 0 N–H and O–H groups in total. The van der Waals surface area contributed by atoms with Gasteiger partial charge in [0.25, 0.3) is 5.22 Å². The van der Waals surface area contributed by atoms with Crippen molar-refractivity contribution in [2.45, 2.75) is 29.5 Å². The summed E-state index contributed by atoms with van der Waals surface area (Å²) < 4.78 is 5.80. The van der Waals surface area contributed by atoms with Gasteiger partial charge in [-0.2, -0.15) is 0 Å². The molecule has 3 aromatic heterocycles. The standard InChI is InChI=1S/C17H11ClN4OS2/c18-10-6-4-9(5-7-10)14-21-22-17(23-14)25-16-13-11-2-1-3-12(11)24-15(13)19-8-20-16/h4-8H,1-3H2. The molecule has 5 rings (SSSR count). The fourth-order valence-electron chi connectivity index (χ4n) is 3.02. The molecule has 0 atom stereocenters. The Kier molecular flexibility index (Phi) is 3.73. The Morgan fingerprint density at radius 3 is 2.84 bits per heavy atom. The number of hydrogen-bond acceptors (Lipinski definition) is 7. The number of nitrogens with zero attached hydrogens (tertiary/aromatic N) is 4. The zero-order chi connectivity index (χ0) is 16.8. The largest absolute Gasteiger partial charge is 0.411 e. The summed E-state index contributed by atoms with van der Waals surface area (Å²) in [6.07, 6.45) is 5.04. The predicted molar refractivity (Wildman–Crippen MR) is 98.3 cm³/mol. The summed E-state index contributed by atoms with van der Waals surface area (Å²) in [5.41, 5.74) is 2.23. The minimum atomic E-state index is 0.472. The molecule has 0 unspecified atom stereocenters. The first-order valence-corrected chi connectivity index (χ1v) is 9.81. The smallest absolute Gasteiger partial charge is 0.283 e. The van der Waals surface area contributed by atoms with Crippen molar-refractivity contribution in [1.29, 1.82) is 0 Å². The van der Waals surface area contributed by atoms with Crippen LogP contribution in [0.15, 0.2) is 45.3 Å². The molecule has 124 valence electrons. The number of hydrogen-bond donors (Lipinski definition) is 0. The minimum Gasteiger partial charge on any atom is -0.411 e. The summed E-state index contributed by atoms with van der Waals surface area (Å²) in [4.78, 5) is 11.4. The van der Waals surface area contributed by atoms with E-state index in [4.69, 9.17) is 16.0 Å². The number of aryl methyl sites for hydroxylation is 2. The van der Waals surface area contributed by atoms with Crippen LogP contribution in [0.25, 0.3) is 21.7 Å². The highest BCUT2D eigenvalue weighted by atomic mass is 35.5. The summed E-state index contributed by atoms with van der Waals surface area (Å²) in [5.74, 6) is 0.472. The second-order valence-electron chi connectivity index (χ2n) is 5.70. The lowest BCUT2D eigenvalue weighted by molar-refractivity contribution is 0.465. The highest BCUT2D eigenvalue weighted by molar-refractivity contribution is 7.99. The van der Waals surface area contributed by atoms with Gasteiger partial charge < -0.3 is 4.42 Å². The van der Waals surface area contributed by atoms with Gasteiger partial charge >= 0.3 is 0 Å². The van der Waals surface area contributed by atoms with Crippen LogP contribution in [0.3, 0.4) is 0 Å². The predicted octanol–water partition coefficient (Wildman–Crippen LogP) is 5.03. The molecule has 0 fully saturated rings. The molecule has 1 aliphatic carbocycles. The van der Waals surface area contributed by atoms with Crippen molar-refractivity contribution >= 4 is 44.9 Å². The first-order chi connectivity index (χ1) is 12.3. The maximum atomic E-state index is 5.92. The van der Waals surface area contributed by atoms with E-state index in [0.29, 0.717) is 16.1 Å². The number of halogens is 1. The van der Waals surface area contributed by atoms with Crippen LogP contribution in [0.1, 0.15) is 16.9 Å². The second-order valence-corrected chi connectivity index (χ2v) is 8.16. The van der Waals surface area contributed by atoms with Crippen molar-refractivity contribution < 1.29 is 4.42 Å². The second kappa shape index (κ2) is 6.09. The molecule has 0 saturated heterocycles. The van der Waals surface area contributed by atoms with Gasteiger partial charge in [-0.15, -0.1) is 21.5 Å². The Morgan fingerprint density at radius 1 is 1.08 bits per heavy atom. The number of benzene rings is 1. The van der Waals surface area contributed by atoms with E-state index in [0.717, 1.165) is 33.6 Å². The van der Waals surface area contributed by atoms with Crippen LogP contribution < -0.4 is 0 Å². The Morgan fingerprint density at radius 2 is 1.96 bits per heavy atom. The SMILES string of the molecule is Clc1ccc(-c2nnc(Sc3ncnc4sc5c(c34)CCC5)o2)cc1. The van der Waals surface area contributed by atoms with Crippen LogP contribution in [0, 0.1) is 0 Å². The van der Waals surface area contributed by atoms with Gasteiger partial charge in [-0.3, -0.25) is 0 Å². The molecule has 5 nitrogen and oxygen atoms in total. The lowest BCUT2D eigenvalue weighted by atomic mass is 10.2. The van der Waals surface area contributed by atoms with Crippen LogP contribution in [0.5, 0.6) is 0 Å². The molecule has 0 radical (unpaired) electrons. The zero-order valence-corrected chi connectivity index (χ0v) is 15.3. The number of aromatic nitrogens is 4. The molecular weight excluding hydrogens is 376 g/mol. The van der Waals surface area contributed by atoms with Crippen molar-refractivity contribution in [3.05, 3.63) is 46.1 Å². The van der Waals surface area contributed by atoms with Crippen LogP contribution in [0.2, 0.25) is 5.02 Å². The number of rotatable bonds is 3. The van der Waals surface area contributed by atoms with Gasteiger partial charge in [-0.05, 0) is 60.9 Å². The third kappa shape index (κ3) is 2.72. The van der Waals surface area contributed by atoms with Crippen molar-refractivity contribution in [2.24, 2.45) is 0 Å². The maximum Gasteiger partial charge on any atom is 0.283 e. The van der Waals surface area contributed by atoms with E-state index in [-0.39, 0.29) is 0 Å². The van der Waals surface area contributed by atoms with E-state index in [1.54, 1.807) is 29.8 Å². The van der Waals surface area contributed by atoms with Gasteiger partial charge in [-0.1, -0.05) is 11.6 Å². The third-order valence-electron chi connectivity index (χ3n) is 4.15. The van der Waals surface area contributed by atoms with Gasteiger partial charge in [0.15, 0.2) is 0 Å². The molecule has 0 aliphatic heterocycles. The molecule has 0 bridgehead atoms. The van der Waals surface area contributed by atoms with E-state index in [1.807, 2.05) is 12.1 Å². The van der Waals surface area contributed by atoms with Gasteiger partial charge in [0.2, 0.25) is 5.89 Å². The highest BCUT2D eigenvalue weighted by Gasteiger charge is 2.22. The molecule has 3 heterocycles. The average molecular weight is 387 g/mol. The first-order valence-electron chi connectivity index (χ1n) is 7.80. The summed E-state index contributed by atoms with van der Waals surface area (Å²) in [5, 5.41) is 11.5. The normalized spacial score (nSPS) is 13.5. The summed E-state index contributed by atoms with van der Waals surface area (Å²) in [7, 11) is 0. The van der Waals surface area contributed by atoms with Crippen molar-refractivity contribution in [1.82, 2.24) is 20.2 Å². The average Bonchev–Trinajstić information content (AvgIpc) is 3.31. The highest BCUT2D eigenvalue weighted by Crippen LogP contribution is 2.41. The Labute approximate surface area is 156 Å². The molecular formula is C17H11ClN4OS2. The van der Waals surface area contributed by atoms with Gasteiger partial charge in [-0.25, -0.2) is 9.97 Å². The van der Waals surface area contributed by atoms with Crippen LogP contribution >= 0.6 is 34.7 Å². The van der Waals surface area contributed by atoms with E-state index >= 15 is 0 Å². The number of thiophene rings is 1. The molecule has 4 aromatic rings. The van der Waals surface area contributed by atoms with Crippen molar-refractivity contribution in [3.8, 4) is 11.5 Å². The Balaban J connectivity index is 1.50. The summed E-state index contributed by atoms with van der Waals surface area (Å²) >= 11 is 9.09. The van der Waals surface area contributed by atoms with Gasteiger partial charge in [0.1, 0.15) is 16.2 Å². The molecule has 0 spiro atoms. The Bertz CT molecular complexity index is 1070.